The molecular formula is C31H40N4O8S. The van der Waals surface area contributed by atoms with Crippen LogP contribution in [-0.2, 0) is 30.7 Å². The lowest BCUT2D eigenvalue weighted by molar-refractivity contribution is -0.0907. The van der Waals surface area contributed by atoms with Gasteiger partial charge in [0.25, 0.3) is 0 Å². The summed E-state index contributed by atoms with van der Waals surface area (Å²) in [6, 6.07) is 12.8. The maximum absolute atomic E-state index is 14.0. The molecule has 238 valence electrons. The van der Waals surface area contributed by atoms with Gasteiger partial charge in [0, 0.05) is 24.2 Å². The number of alkyl carbamates (subject to hydrolysis) is 1. The van der Waals surface area contributed by atoms with Gasteiger partial charge in [-0.15, -0.1) is 0 Å². The first-order chi connectivity index (χ1) is 20.9. The van der Waals surface area contributed by atoms with Crippen molar-refractivity contribution in [3.63, 3.8) is 0 Å². The van der Waals surface area contributed by atoms with Gasteiger partial charge in [0.05, 0.1) is 47.3 Å². The van der Waals surface area contributed by atoms with Crippen molar-refractivity contribution >= 4 is 32.7 Å². The van der Waals surface area contributed by atoms with Gasteiger partial charge < -0.3 is 40.1 Å². The number of sulfonamides is 1. The Labute approximate surface area is 256 Å². The van der Waals surface area contributed by atoms with Crippen molar-refractivity contribution < 1.29 is 37.6 Å². The Kier molecular flexibility index (Phi) is 9.61. The van der Waals surface area contributed by atoms with Crippen LogP contribution in [0.5, 0.6) is 5.88 Å². The molecule has 2 aliphatic heterocycles. The molecule has 5 atom stereocenters. The minimum absolute atomic E-state index is 0.0326. The molecular weight excluding hydrogens is 588 g/mol. The van der Waals surface area contributed by atoms with Crippen LogP contribution >= 0.6 is 0 Å². The van der Waals surface area contributed by atoms with Gasteiger partial charge in [-0.05, 0) is 43.4 Å². The number of aliphatic hydroxyl groups is 1. The Morgan fingerprint density at radius 1 is 1.18 bits per heavy atom. The van der Waals surface area contributed by atoms with Gasteiger partial charge in [-0.25, -0.2) is 13.2 Å². The van der Waals surface area contributed by atoms with E-state index in [0.717, 1.165) is 12.0 Å². The molecule has 0 aliphatic carbocycles. The maximum atomic E-state index is 14.0. The Morgan fingerprint density at radius 3 is 2.64 bits per heavy atom. The van der Waals surface area contributed by atoms with Gasteiger partial charge in [-0.2, -0.15) is 4.31 Å². The van der Waals surface area contributed by atoms with E-state index in [4.69, 9.17) is 19.6 Å². The average Bonchev–Trinajstić information content (AvgIpc) is 3.67. The molecule has 3 heterocycles. The number of aromatic hydroxyl groups is 1. The molecule has 2 saturated heterocycles. The van der Waals surface area contributed by atoms with Crippen molar-refractivity contribution in [2.24, 2.45) is 11.8 Å². The summed E-state index contributed by atoms with van der Waals surface area (Å²) < 4.78 is 45.9. The lowest BCUT2D eigenvalue weighted by Crippen LogP contribution is -2.51. The van der Waals surface area contributed by atoms with E-state index in [-0.39, 0.29) is 60.7 Å². The van der Waals surface area contributed by atoms with Gasteiger partial charge in [-0.3, -0.25) is 0 Å². The molecule has 1 amide bonds. The average molecular weight is 629 g/mol. The third kappa shape index (κ3) is 6.92. The van der Waals surface area contributed by atoms with Crippen LogP contribution in [-0.4, -0.2) is 90.6 Å². The first-order valence-electron chi connectivity index (χ1n) is 14.8. The summed E-state index contributed by atoms with van der Waals surface area (Å²) in [6.45, 7) is 5.87. The van der Waals surface area contributed by atoms with E-state index < -0.39 is 34.4 Å². The molecule has 44 heavy (non-hydrogen) atoms. The molecule has 5 N–H and O–H groups in total. The van der Waals surface area contributed by atoms with E-state index in [9.17, 15) is 23.4 Å². The highest BCUT2D eigenvalue weighted by molar-refractivity contribution is 7.89. The zero-order chi connectivity index (χ0) is 31.6. The smallest absolute Gasteiger partial charge is 0.407 e. The Balaban J connectivity index is 1.37. The molecule has 2 fully saturated rings. The largest absolute Gasteiger partial charge is 0.494 e. The number of hydrogen-bond donors (Lipinski definition) is 5. The predicted octanol–water partition coefficient (Wildman–Crippen LogP) is 3.37. The van der Waals surface area contributed by atoms with Crippen LogP contribution in [0.25, 0.3) is 10.9 Å². The number of nitrogens with one attached hydrogen (secondary N) is 3. The highest BCUT2D eigenvalue weighted by Crippen LogP contribution is 2.33. The van der Waals surface area contributed by atoms with Gasteiger partial charge in [0.1, 0.15) is 6.10 Å². The van der Waals surface area contributed by atoms with Gasteiger partial charge in [0.15, 0.2) is 12.2 Å². The molecule has 0 spiro atoms. The van der Waals surface area contributed by atoms with Crippen LogP contribution in [0.15, 0.2) is 53.4 Å². The topological polar surface area (TPSA) is 174 Å². The third-order valence-electron chi connectivity index (χ3n) is 8.03. The number of aromatic amines is 1. The summed E-state index contributed by atoms with van der Waals surface area (Å²) in [5, 5.41) is 33.1. The van der Waals surface area contributed by atoms with Crippen molar-refractivity contribution in [3.8, 4) is 5.88 Å². The summed E-state index contributed by atoms with van der Waals surface area (Å²) in [7, 11) is -4.13. The zero-order valence-corrected chi connectivity index (χ0v) is 25.8. The zero-order valence-electron chi connectivity index (χ0n) is 25.0. The SMILES string of the molecule is CC(=N)c1c(O)[nH]c2cc(S(=O)(=O)N(CC(C)C)C[C@@H](O)[C@H](Cc3ccccc3)NC(=O)O[C@H]3CO[C@@H]4OCC[C@@H]43)ccc12. The number of fused-ring (bicyclic) bond motifs is 2. The molecule has 5 rings (SSSR count). The molecule has 2 aromatic carbocycles. The number of aromatic nitrogens is 1. The molecule has 3 aromatic rings. The Morgan fingerprint density at radius 2 is 1.93 bits per heavy atom. The molecule has 12 nitrogen and oxygen atoms in total. The molecule has 2 aliphatic rings. The van der Waals surface area contributed by atoms with E-state index in [1.54, 1.807) is 6.07 Å². The van der Waals surface area contributed by atoms with Crippen LogP contribution < -0.4 is 5.32 Å². The highest BCUT2D eigenvalue weighted by atomic mass is 32.2. The number of hydrogen-bond acceptors (Lipinski definition) is 9. The van der Waals surface area contributed by atoms with Crippen LogP contribution in [0.3, 0.4) is 0 Å². The second-order valence-electron chi connectivity index (χ2n) is 11.9. The highest BCUT2D eigenvalue weighted by Gasteiger charge is 2.44. The second-order valence-corrected chi connectivity index (χ2v) is 13.8. The van der Waals surface area contributed by atoms with Crippen molar-refractivity contribution in [1.82, 2.24) is 14.6 Å². The summed E-state index contributed by atoms with van der Waals surface area (Å²) in [6.07, 6.45) is -1.92. The van der Waals surface area contributed by atoms with Gasteiger partial charge in [-0.1, -0.05) is 50.2 Å². The standard InChI is InChI=1S/C31H40N4O8S/c1-18(2)15-35(44(39,40)21-9-10-22-24(14-21)33-29(37)28(22)19(3)32)16-26(36)25(13-20-7-5-4-6-8-20)34-31(38)43-27-17-42-30-23(27)11-12-41-30/h4-10,14,18,23,25-27,30,32-33,36-37H,11-13,15-17H2,1-3H3,(H,34,38)/t23-,25+,26-,27+,30+/m1/s1. The second kappa shape index (κ2) is 13.2. The quantitative estimate of drug-likeness (QED) is 0.190. The normalized spacial score (nSPS) is 21.5. The van der Waals surface area contributed by atoms with Gasteiger partial charge in [0.2, 0.25) is 10.0 Å². The molecule has 1 aromatic heterocycles. The van der Waals surface area contributed by atoms with E-state index in [1.807, 2.05) is 44.2 Å². The lowest BCUT2D eigenvalue weighted by Gasteiger charge is -2.31. The fraction of sp³-hybridized carbons (Fsp3) is 0.484. The molecule has 13 heteroatoms. The van der Waals surface area contributed by atoms with E-state index >= 15 is 0 Å². The minimum Gasteiger partial charge on any atom is -0.494 e. The number of benzene rings is 2. The first-order valence-corrected chi connectivity index (χ1v) is 16.2. The van der Waals surface area contributed by atoms with Crippen LogP contribution in [0.2, 0.25) is 0 Å². The fourth-order valence-electron chi connectivity index (χ4n) is 5.89. The number of ether oxygens (including phenoxy) is 3. The predicted molar refractivity (Wildman–Crippen MR) is 163 cm³/mol. The molecule has 0 radical (unpaired) electrons. The number of aliphatic hydroxyl groups excluding tert-OH is 1. The van der Waals surface area contributed by atoms with E-state index in [2.05, 4.69) is 10.3 Å². The minimum atomic E-state index is -4.13. The first kappa shape index (κ1) is 31.9. The third-order valence-corrected chi connectivity index (χ3v) is 9.86. The van der Waals surface area contributed by atoms with E-state index in [1.165, 1.54) is 23.4 Å². The molecule has 0 unspecified atom stereocenters. The van der Waals surface area contributed by atoms with Gasteiger partial charge >= 0.3 is 6.09 Å². The number of amides is 1. The number of H-pyrrole nitrogens is 1. The lowest BCUT2D eigenvalue weighted by atomic mass is 10.0. The van der Waals surface area contributed by atoms with Crippen LogP contribution in [0, 0.1) is 17.2 Å². The number of carbonyl (C=O) groups is 1. The van der Waals surface area contributed by atoms with Crippen molar-refractivity contribution in [1.29, 1.82) is 5.41 Å². The molecule has 0 bridgehead atoms. The Hall–Kier alpha value is -3.49. The summed E-state index contributed by atoms with van der Waals surface area (Å²) in [4.78, 5) is 15.8. The summed E-state index contributed by atoms with van der Waals surface area (Å²) in [5.41, 5.74) is 1.66. The van der Waals surface area contributed by atoms with E-state index in [0.29, 0.717) is 23.1 Å². The van der Waals surface area contributed by atoms with Crippen LogP contribution in [0.1, 0.15) is 38.3 Å². The Bertz CT molecular complexity index is 1590. The fourth-order valence-corrected chi connectivity index (χ4v) is 7.54. The van der Waals surface area contributed by atoms with Crippen molar-refractivity contribution in [3.05, 3.63) is 59.7 Å². The van der Waals surface area contributed by atoms with Crippen LogP contribution in [0.4, 0.5) is 4.79 Å². The number of nitrogens with zero attached hydrogens (tertiary/aromatic N) is 1. The molecule has 0 saturated carbocycles. The number of carbonyl (C=O) groups excluding carboxylic acids is 1. The monoisotopic (exact) mass is 628 g/mol. The summed E-state index contributed by atoms with van der Waals surface area (Å²) >= 11 is 0. The number of rotatable bonds is 12. The summed E-state index contributed by atoms with van der Waals surface area (Å²) in [5.74, 6) is -0.335. The van der Waals surface area contributed by atoms with Crippen molar-refractivity contribution in [2.75, 3.05) is 26.3 Å². The maximum Gasteiger partial charge on any atom is 0.407 e. The van der Waals surface area contributed by atoms with Crippen molar-refractivity contribution in [2.45, 2.75) is 63.0 Å².